The van der Waals surface area contributed by atoms with Crippen LogP contribution in [0.1, 0.15) is 29.2 Å². The maximum atomic E-state index is 13.1. The summed E-state index contributed by atoms with van der Waals surface area (Å²) < 4.78 is 63.5. The molecule has 0 saturated carbocycles. The summed E-state index contributed by atoms with van der Waals surface area (Å²) in [6.45, 7) is 2.39. The molecule has 1 heterocycles. The Morgan fingerprint density at radius 1 is 0.939 bits per heavy atom. The Bertz CT molecular complexity index is 1220. The molecule has 1 N–H and O–H groups in total. The molecule has 3 aromatic carbocycles. The van der Waals surface area contributed by atoms with E-state index in [2.05, 4.69) is 5.32 Å². The van der Waals surface area contributed by atoms with Crippen molar-refractivity contribution in [2.45, 2.75) is 19.7 Å². The van der Waals surface area contributed by atoms with Gasteiger partial charge in [-0.05, 0) is 60.5 Å². The lowest BCUT2D eigenvalue weighted by Crippen LogP contribution is -2.06. The zero-order chi connectivity index (χ0) is 23.6. The van der Waals surface area contributed by atoms with E-state index < -0.39 is 17.6 Å². The first-order chi connectivity index (χ1) is 15.7. The Morgan fingerprint density at radius 3 is 2.39 bits per heavy atom. The lowest BCUT2D eigenvalue weighted by molar-refractivity contribution is -0.137. The van der Waals surface area contributed by atoms with Crippen molar-refractivity contribution in [3.8, 4) is 11.5 Å². The molecule has 0 bridgehead atoms. The van der Waals surface area contributed by atoms with Crippen LogP contribution in [0.5, 0.6) is 11.5 Å². The van der Waals surface area contributed by atoms with E-state index in [9.17, 15) is 22.4 Å². The summed E-state index contributed by atoms with van der Waals surface area (Å²) in [6.07, 6.45) is -2.91. The lowest BCUT2D eigenvalue weighted by Gasteiger charge is -2.13. The number of halogens is 4. The number of ether oxygens (including phenoxy) is 2. The van der Waals surface area contributed by atoms with Crippen molar-refractivity contribution in [3.63, 3.8) is 0 Å². The highest BCUT2D eigenvalue weighted by molar-refractivity contribution is 6.34. The summed E-state index contributed by atoms with van der Waals surface area (Å²) in [6, 6.07) is 14.2. The Morgan fingerprint density at radius 2 is 1.70 bits per heavy atom. The number of benzene rings is 3. The van der Waals surface area contributed by atoms with Crippen molar-refractivity contribution in [1.82, 2.24) is 0 Å². The van der Waals surface area contributed by atoms with Gasteiger partial charge >= 0.3 is 6.18 Å². The third-order valence-corrected chi connectivity index (χ3v) is 5.02. The van der Waals surface area contributed by atoms with E-state index >= 15 is 0 Å². The van der Waals surface area contributed by atoms with Crippen LogP contribution >= 0.6 is 0 Å². The fraction of sp³-hybridized carbons (Fsp3) is 0.160. The van der Waals surface area contributed by atoms with Crippen LogP contribution in [0.2, 0.25) is 0 Å². The summed E-state index contributed by atoms with van der Waals surface area (Å²) in [5.74, 6) is 0.0895. The van der Waals surface area contributed by atoms with E-state index in [0.29, 0.717) is 29.2 Å². The van der Waals surface area contributed by atoms with Crippen molar-refractivity contribution in [2.75, 3.05) is 11.9 Å². The molecule has 0 unspecified atom stereocenters. The van der Waals surface area contributed by atoms with Crippen molar-refractivity contribution in [1.29, 1.82) is 0 Å². The van der Waals surface area contributed by atoms with Gasteiger partial charge in [0.15, 0.2) is 11.5 Å². The van der Waals surface area contributed by atoms with Crippen LogP contribution < -0.4 is 14.8 Å². The van der Waals surface area contributed by atoms with Crippen molar-refractivity contribution >= 4 is 23.2 Å². The molecule has 4 rings (SSSR count). The van der Waals surface area contributed by atoms with Gasteiger partial charge in [-0.1, -0.05) is 24.3 Å². The maximum Gasteiger partial charge on any atom is 0.416 e. The zero-order valence-corrected chi connectivity index (χ0v) is 17.5. The second-order valence-corrected chi connectivity index (χ2v) is 7.32. The molecule has 1 aliphatic heterocycles. The normalized spacial score (nSPS) is 14.2. The Kier molecular flexibility index (Phi) is 6.09. The van der Waals surface area contributed by atoms with E-state index in [-0.39, 0.29) is 23.7 Å². The van der Waals surface area contributed by atoms with Gasteiger partial charge in [0.05, 0.1) is 12.2 Å². The number of carbonyl (C=O) groups excluding carboxylic acids is 1. The molecule has 0 spiro atoms. The molecule has 0 atom stereocenters. The number of amides is 1. The van der Waals surface area contributed by atoms with Gasteiger partial charge in [0.1, 0.15) is 12.4 Å². The molecule has 0 aliphatic carbocycles. The van der Waals surface area contributed by atoms with Gasteiger partial charge in [0, 0.05) is 16.8 Å². The maximum absolute atomic E-state index is 13.1. The third kappa shape index (κ3) is 5.00. The van der Waals surface area contributed by atoms with Crippen LogP contribution in [0.4, 0.5) is 23.2 Å². The predicted molar refractivity (Wildman–Crippen MR) is 116 cm³/mol. The minimum absolute atomic E-state index is 0.116. The molecular formula is C25H19F4NO3. The zero-order valence-electron chi connectivity index (χ0n) is 17.5. The fourth-order valence-corrected chi connectivity index (χ4v) is 3.42. The molecule has 0 fully saturated rings. The smallest absolute Gasteiger partial charge is 0.416 e. The van der Waals surface area contributed by atoms with Crippen LogP contribution in [-0.2, 0) is 17.6 Å². The monoisotopic (exact) mass is 457 g/mol. The molecule has 33 heavy (non-hydrogen) atoms. The SMILES string of the molecule is CCOc1cc(/C=C2/C(=O)Nc3cc(C(F)(F)F)ccc32)ccc1OCc1ccc(F)cc1. The van der Waals surface area contributed by atoms with E-state index in [1.54, 1.807) is 36.4 Å². The van der Waals surface area contributed by atoms with Crippen molar-refractivity contribution < 1.29 is 31.8 Å². The van der Waals surface area contributed by atoms with Gasteiger partial charge in [-0.3, -0.25) is 4.79 Å². The standard InChI is InChI=1S/C25H19F4NO3/c1-2-32-23-12-16(5-10-22(23)33-14-15-3-7-18(26)8-4-15)11-20-19-9-6-17(25(27,28)29)13-21(19)30-24(20)31/h3-13H,2,14H2,1H3,(H,30,31)/b20-11+. The number of alkyl halides is 3. The van der Waals surface area contributed by atoms with E-state index in [0.717, 1.165) is 17.7 Å². The topological polar surface area (TPSA) is 47.6 Å². The number of fused-ring (bicyclic) bond motifs is 1. The largest absolute Gasteiger partial charge is 0.490 e. The average Bonchev–Trinajstić information content (AvgIpc) is 3.08. The van der Waals surface area contributed by atoms with Crippen LogP contribution in [0.3, 0.4) is 0 Å². The molecular weight excluding hydrogens is 438 g/mol. The van der Waals surface area contributed by atoms with Crippen molar-refractivity contribution in [3.05, 3.63) is 88.7 Å². The summed E-state index contributed by atoms with van der Waals surface area (Å²) >= 11 is 0. The van der Waals surface area contributed by atoms with E-state index in [1.165, 1.54) is 18.2 Å². The molecule has 0 saturated heterocycles. The Labute approximate surface area is 187 Å². The minimum Gasteiger partial charge on any atom is -0.490 e. The second-order valence-electron chi connectivity index (χ2n) is 7.32. The first kappa shape index (κ1) is 22.4. The molecule has 4 nitrogen and oxygen atoms in total. The van der Waals surface area contributed by atoms with Gasteiger partial charge in [-0.25, -0.2) is 4.39 Å². The average molecular weight is 457 g/mol. The number of carbonyl (C=O) groups is 1. The number of anilines is 1. The highest BCUT2D eigenvalue weighted by Crippen LogP contribution is 2.39. The summed E-state index contributed by atoms with van der Waals surface area (Å²) in [4.78, 5) is 12.4. The predicted octanol–water partition coefficient (Wildman–Crippen LogP) is 6.31. The van der Waals surface area contributed by atoms with Crippen LogP contribution in [-0.4, -0.2) is 12.5 Å². The highest BCUT2D eigenvalue weighted by atomic mass is 19.4. The summed E-state index contributed by atoms with van der Waals surface area (Å²) in [5, 5.41) is 2.48. The first-order valence-electron chi connectivity index (χ1n) is 10.1. The summed E-state index contributed by atoms with van der Waals surface area (Å²) in [5.41, 5.74) is 1.33. The first-order valence-corrected chi connectivity index (χ1v) is 10.1. The Hall–Kier alpha value is -3.81. The van der Waals surface area contributed by atoms with E-state index in [1.807, 2.05) is 6.92 Å². The van der Waals surface area contributed by atoms with Crippen LogP contribution in [0.25, 0.3) is 11.6 Å². The van der Waals surface area contributed by atoms with Gasteiger partial charge < -0.3 is 14.8 Å². The molecule has 3 aromatic rings. The fourth-order valence-electron chi connectivity index (χ4n) is 3.42. The second kappa shape index (κ2) is 8.97. The quantitative estimate of drug-likeness (QED) is 0.348. The van der Waals surface area contributed by atoms with Crippen LogP contribution in [0.15, 0.2) is 60.7 Å². The molecule has 0 aromatic heterocycles. The van der Waals surface area contributed by atoms with E-state index in [4.69, 9.17) is 9.47 Å². The molecule has 8 heteroatoms. The molecule has 1 amide bonds. The number of rotatable bonds is 6. The molecule has 170 valence electrons. The molecule has 0 radical (unpaired) electrons. The van der Waals surface area contributed by atoms with Gasteiger partial charge in [0.2, 0.25) is 0 Å². The highest BCUT2D eigenvalue weighted by Gasteiger charge is 2.33. The number of hydrogen-bond donors (Lipinski definition) is 1. The van der Waals surface area contributed by atoms with Crippen molar-refractivity contribution in [2.24, 2.45) is 0 Å². The van der Waals surface area contributed by atoms with Gasteiger partial charge in [0.25, 0.3) is 5.91 Å². The number of nitrogens with one attached hydrogen (secondary N) is 1. The lowest BCUT2D eigenvalue weighted by atomic mass is 10.0. The Balaban J connectivity index is 1.60. The number of hydrogen-bond acceptors (Lipinski definition) is 3. The van der Waals surface area contributed by atoms with Gasteiger partial charge in [-0.15, -0.1) is 0 Å². The summed E-state index contributed by atoms with van der Waals surface area (Å²) in [7, 11) is 0. The van der Waals surface area contributed by atoms with Gasteiger partial charge in [-0.2, -0.15) is 13.2 Å². The van der Waals surface area contributed by atoms with Crippen LogP contribution in [0, 0.1) is 5.82 Å². The third-order valence-electron chi connectivity index (χ3n) is 5.02. The minimum atomic E-state index is -4.50. The molecule has 1 aliphatic rings.